The second-order valence-corrected chi connectivity index (χ2v) is 14.5. The van der Waals surface area contributed by atoms with Crippen molar-refractivity contribution < 1.29 is 32.2 Å². The van der Waals surface area contributed by atoms with Crippen LogP contribution < -0.4 is 19.1 Å². The fourth-order valence-electron chi connectivity index (χ4n) is 7.32. The second kappa shape index (κ2) is 16.8. The van der Waals surface area contributed by atoms with Crippen molar-refractivity contribution in [3.8, 4) is 11.5 Å². The number of anilines is 1. The number of halogens is 2. The van der Waals surface area contributed by atoms with Gasteiger partial charge in [0, 0.05) is 44.9 Å². The van der Waals surface area contributed by atoms with Crippen LogP contribution >= 0.6 is 24.8 Å². The molecule has 0 radical (unpaired) electrons. The maximum Gasteiger partial charge on any atom is 0.318 e. The Balaban J connectivity index is 0.00000292. The van der Waals surface area contributed by atoms with E-state index in [1.54, 1.807) is 54.5 Å². The first-order valence-corrected chi connectivity index (χ1v) is 18.1. The van der Waals surface area contributed by atoms with Crippen LogP contribution in [0.2, 0.25) is 0 Å². The lowest BCUT2D eigenvalue weighted by Gasteiger charge is -2.43. The van der Waals surface area contributed by atoms with E-state index < -0.39 is 27.5 Å². The zero-order valence-electron chi connectivity index (χ0n) is 29.4. The summed E-state index contributed by atoms with van der Waals surface area (Å²) < 4.78 is 46.3. The van der Waals surface area contributed by atoms with Gasteiger partial charge < -0.3 is 29.3 Å². The van der Waals surface area contributed by atoms with Gasteiger partial charge in [-0.2, -0.15) is 4.31 Å². The van der Waals surface area contributed by atoms with Crippen molar-refractivity contribution in [2.45, 2.75) is 35.7 Å². The van der Waals surface area contributed by atoms with Crippen molar-refractivity contribution in [2.75, 3.05) is 78.6 Å². The Bertz CT molecular complexity index is 1800. The largest absolute Gasteiger partial charge is 0.497 e. The summed E-state index contributed by atoms with van der Waals surface area (Å²) in [6.07, 6.45) is 2.60. The number of para-hydroxylation sites is 1. The molecule has 0 saturated carbocycles. The summed E-state index contributed by atoms with van der Waals surface area (Å²) >= 11 is 0. The third kappa shape index (κ3) is 7.51. The normalized spacial score (nSPS) is 19.9. The minimum atomic E-state index is -4.54. The summed E-state index contributed by atoms with van der Waals surface area (Å²) in [4.78, 5) is 36.0. The SMILES string of the molecule is COCCc1ccccc1C1(NC(=O)N2CCN(C3CCN(C)CC3)CC2)C(=O)N(S(=O)(=O)c2ccccc2OC)c2ccc(OC)cc21.Cl.Cl. The average Bonchev–Trinajstić information content (AvgIpc) is 3.38. The lowest BCUT2D eigenvalue weighted by molar-refractivity contribution is -0.121. The van der Waals surface area contributed by atoms with Crippen LogP contribution in [-0.4, -0.2) is 115 Å². The third-order valence-corrected chi connectivity index (χ3v) is 11.8. The lowest BCUT2D eigenvalue weighted by Crippen LogP contribution is -2.61. The highest BCUT2D eigenvalue weighted by Gasteiger charge is 2.58. The summed E-state index contributed by atoms with van der Waals surface area (Å²) in [7, 11) is 2.07. The Kier molecular flexibility index (Phi) is 13.3. The molecular formula is C36H47Cl2N5O7S. The van der Waals surface area contributed by atoms with Gasteiger partial charge in [0.15, 0.2) is 5.54 Å². The quantitative estimate of drug-likeness (QED) is 0.325. The lowest BCUT2D eigenvalue weighted by atomic mass is 9.80. The number of benzene rings is 3. The molecule has 3 amide bonds. The Morgan fingerprint density at radius 1 is 0.863 bits per heavy atom. The summed E-state index contributed by atoms with van der Waals surface area (Å²) in [5.41, 5.74) is -0.312. The van der Waals surface area contributed by atoms with E-state index in [9.17, 15) is 13.2 Å². The van der Waals surface area contributed by atoms with E-state index in [0.717, 1.165) is 35.8 Å². The second-order valence-electron chi connectivity index (χ2n) is 12.7. The molecule has 1 atom stereocenters. The Morgan fingerprint density at radius 3 is 2.20 bits per heavy atom. The topological polar surface area (TPSA) is 121 Å². The number of hydrogen-bond acceptors (Lipinski definition) is 9. The molecular weight excluding hydrogens is 717 g/mol. The Hall–Kier alpha value is -3.59. The minimum Gasteiger partial charge on any atom is -0.497 e. The molecule has 3 aromatic carbocycles. The molecule has 3 aliphatic rings. The fourth-order valence-corrected chi connectivity index (χ4v) is 8.95. The Labute approximate surface area is 312 Å². The van der Waals surface area contributed by atoms with Gasteiger partial charge in [0.1, 0.15) is 16.4 Å². The number of fused-ring (bicyclic) bond motifs is 1. The third-order valence-electron chi connectivity index (χ3n) is 10.0. The van der Waals surface area contributed by atoms with Crippen molar-refractivity contribution in [1.29, 1.82) is 0 Å². The van der Waals surface area contributed by atoms with Crippen LogP contribution in [0.25, 0.3) is 0 Å². The number of likely N-dealkylation sites (tertiary alicyclic amines) is 1. The van der Waals surface area contributed by atoms with Gasteiger partial charge in [-0.1, -0.05) is 36.4 Å². The maximum absolute atomic E-state index is 15.2. The molecule has 0 aliphatic carbocycles. The monoisotopic (exact) mass is 763 g/mol. The molecule has 6 rings (SSSR count). The molecule has 3 heterocycles. The minimum absolute atomic E-state index is 0. The molecule has 0 bridgehead atoms. The molecule has 1 unspecified atom stereocenters. The molecule has 2 fully saturated rings. The molecule has 3 aliphatic heterocycles. The first-order valence-electron chi connectivity index (χ1n) is 16.6. The van der Waals surface area contributed by atoms with Crippen molar-refractivity contribution in [2.24, 2.45) is 0 Å². The highest BCUT2D eigenvalue weighted by atomic mass is 35.5. The average molecular weight is 765 g/mol. The number of piperidine rings is 1. The fraction of sp³-hybridized carbons (Fsp3) is 0.444. The maximum atomic E-state index is 15.2. The first-order chi connectivity index (χ1) is 23.6. The van der Waals surface area contributed by atoms with Crippen LogP contribution in [-0.2, 0) is 31.5 Å². The number of nitrogens with one attached hydrogen (secondary N) is 1. The highest BCUT2D eigenvalue weighted by molar-refractivity contribution is 7.93. The van der Waals surface area contributed by atoms with E-state index >= 15 is 4.79 Å². The number of hydrogen-bond donors (Lipinski definition) is 1. The van der Waals surface area contributed by atoms with Gasteiger partial charge >= 0.3 is 6.03 Å². The van der Waals surface area contributed by atoms with Crippen LogP contribution in [0, 0.1) is 0 Å². The molecule has 15 heteroatoms. The van der Waals surface area contributed by atoms with Crippen molar-refractivity contribution in [3.63, 3.8) is 0 Å². The predicted octanol–water partition coefficient (Wildman–Crippen LogP) is 4.14. The standard InChI is InChI=1S/C36H45N5O7S.2ClH/c1-38-18-15-27(16-19-38)39-20-22-40(23-21-39)35(43)37-36(29-10-6-5-9-26(29)17-24-46-2)30-25-28(47-3)13-14-31(30)41(34(36)42)49(44,45)33-12-8-7-11-32(33)48-4;;/h5-14,25,27H,15-24H2,1-4H3,(H,37,43);2*1H. The highest BCUT2D eigenvalue weighted by Crippen LogP contribution is 2.49. The number of amides is 3. The van der Waals surface area contributed by atoms with Gasteiger partial charge in [0.2, 0.25) is 0 Å². The van der Waals surface area contributed by atoms with Crippen molar-refractivity contribution in [3.05, 3.63) is 83.4 Å². The van der Waals surface area contributed by atoms with E-state index in [4.69, 9.17) is 14.2 Å². The van der Waals surface area contributed by atoms with Crippen molar-refractivity contribution in [1.82, 2.24) is 20.0 Å². The zero-order chi connectivity index (χ0) is 34.8. The van der Waals surface area contributed by atoms with E-state index in [2.05, 4.69) is 22.2 Å². The summed E-state index contributed by atoms with van der Waals surface area (Å²) in [6, 6.07) is 18.2. The number of piperazine rings is 1. The van der Waals surface area contributed by atoms with Crippen LogP contribution in [0.1, 0.15) is 29.5 Å². The van der Waals surface area contributed by atoms with Gasteiger partial charge in [-0.15, -0.1) is 24.8 Å². The van der Waals surface area contributed by atoms with E-state index in [1.807, 2.05) is 12.1 Å². The number of nitrogens with zero attached hydrogens (tertiary/aromatic N) is 4. The smallest absolute Gasteiger partial charge is 0.318 e. The summed E-state index contributed by atoms with van der Waals surface area (Å²) in [5, 5.41) is 3.11. The number of carbonyl (C=O) groups is 2. The van der Waals surface area contributed by atoms with Gasteiger partial charge in [-0.3, -0.25) is 9.69 Å². The number of methoxy groups -OCH3 is 3. The Morgan fingerprint density at radius 2 is 1.53 bits per heavy atom. The molecule has 12 nitrogen and oxygen atoms in total. The van der Waals surface area contributed by atoms with Gasteiger partial charge in [0.25, 0.3) is 15.9 Å². The number of carbonyl (C=O) groups excluding carboxylic acids is 2. The predicted molar refractivity (Wildman–Crippen MR) is 200 cm³/mol. The molecule has 0 spiro atoms. The molecule has 1 N–H and O–H groups in total. The summed E-state index contributed by atoms with van der Waals surface area (Å²) in [6.45, 7) is 4.83. The summed E-state index contributed by atoms with van der Waals surface area (Å²) in [5.74, 6) is -0.331. The molecule has 51 heavy (non-hydrogen) atoms. The van der Waals surface area contributed by atoms with Crippen molar-refractivity contribution >= 4 is 52.5 Å². The molecule has 0 aromatic heterocycles. The van der Waals surface area contributed by atoms with Gasteiger partial charge in [0.05, 0.1) is 26.5 Å². The first kappa shape index (κ1) is 40.2. The molecule has 3 aromatic rings. The van der Waals surface area contributed by atoms with Gasteiger partial charge in [-0.05, 0) is 80.9 Å². The van der Waals surface area contributed by atoms with E-state index in [0.29, 0.717) is 62.1 Å². The van der Waals surface area contributed by atoms with Crippen LogP contribution in [0.15, 0.2) is 71.6 Å². The number of rotatable bonds is 10. The molecule has 2 saturated heterocycles. The van der Waals surface area contributed by atoms with Crippen LogP contribution in [0.5, 0.6) is 11.5 Å². The van der Waals surface area contributed by atoms with Crippen LogP contribution in [0.3, 0.4) is 0 Å². The molecule has 278 valence electrons. The van der Waals surface area contributed by atoms with E-state index in [1.165, 1.54) is 26.4 Å². The van der Waals surface area contributed by atoms with Gasteiger partial charge in [-0.25, -0.2) is 13.2 Å². The number of ether oxygens (including phenoxy) is 3. The number of urea groups is 1. The van der Waals surface area contributed by atoms with Crippen LogP contribution in [0.4, 0.5) is 10.5 Å². The van der Waals surface area contributed by atoms with E-state index in [-0.39, 0.29) is 41.1 Å². The zero-order valence-corrected chi connectivity index (χ0v) is 31.8. The number of sulfonamides is 1.